The van der Waals surface area contributed by atoms with Gasteiger partial charge in [0.15, 0.2) is 10.8 Å². The fourth-order valence-electron chi connectivity index (χ4n) is 2.65. The molecule has 1 aromatic heterocycles. The molecule has 0 aliphatic rings. The van der Waals surface area contributed by atoms with Crippen molar-refractivity contribution < 1.29 is 23.5 Å². The topological polar surface area (TPSA) is 145 Å². The molecule has 1 amide bonds. The number of thiazole rings is 1. The van der Waals surface area contributed by atoms with Crippen molar-refractivity contribution >= 4 is 61.1 Å². The second kappa shape index (κ2) is 9.96. The van der Waals surface area contributed by atoms with Gasteiger partial charge in [-0.15, -0.1) is 11.3 Å². The van der Waals surface area contributed by atoms with E-state index in [9.17, 15) is 18.4 Å². The number of nitrogens with two attached hydrogens (primary N) is 1. The van der Waals surface area contributed by atoms with Gasteiger partial charge in [0.2, 0.25) is 0 Å². The summed E-state index contributed by atoms with van der Waals surface area (Å²) in [4.78, 5) is 28.1. The third-order valence-corrected chi connectivity index (χ3v) is 6.08. The molecule has 8 nitrogen and oxygen atoms in total. The van der Waals surface area contributed by atoms with Crippen LogP contribution in [-0.2, 0) is 22.3 Å². The highest BCUT2D eigenvalue weighted by Crippen LogP contribution is 2.24. The molecule has 0 fully saturated rings. The number of nitrogens with one attached hydrogen (secondary N) is 1. The number of hydrogen-bond donors (Lipinski definition) is 3. The summed E-state index contributed by atoms with van der Waals surface area (Å²) in [7, 11) is 0. The molecule has 1 unspecified atom stereocenters. The zero-order valence-corrected chi connectivity index (χ0v) is 18.9. The van der Waals surface area contributed by atoms with E-state index in [1.165, 1.54) is 17.5 Å². The number of amides is 1. The highest BCUT2D eigenvalue weighted by atomic mass is 79.9. The highest BCUT2D eigenvalue weighted by Gasteiger charge is 2.19. The number of aromatic carboxylic acids is 1. The Morgan fingerprint density at radius 1 is 1.23 bits per heavy atom. The number of carbonyl (C=O) groups is 2. The van der Waals surface area contributed by atoms with Crippen molar-refractivity contribution in [3.8, 4) is 0 Å². The van der Waals surface area contributed by atoms with Crippen molar-refractivity contribution in [1.29, 1.82) is 0 Å². The van der Waals surface area contributed by atoms with Crippen molar-refractivity contribution in [2.75, 3.05) is 5.32 Å². The van der Waals surface area contributed by atoms with Gasteiger partial charge >= 0.3 is 5.97 Å². The minimum atomic E-state index is -2.35. The number of anilines is 1. The number of rotatable bonds is 7. The number of carboxylic acid groups (broad SMARTS) is 1. The summed E-state index contributed by atoms with van der Waals surface area (Å²) in [6, 6.07) is 13.2. The van der Waals surface area contributed by atoms with Gasteiger partial charge < -0.3 is 15.4 Å². The third-order valence-electron chi connectivity index (χ3n) is 4.18. The lowest BCUT2D eigenvalue weighted by atomic mass is 9.99. The van der Waals surface area contributed by atoms with Gasteiger partial charge in [0, 0.05) is 32.4 Å². The Bertz CT molecular complexity index is 1190. The number of carboxylic acids is 1. The molecule has 3 aromatic rings. The zero-order chi connectivity index (χ0) is 22.5. The first-order valence-corrected chi connectivity index (χ1v) is 11.4. The molecule has 0 saturated heterocycles. The maximum absolute atomic E-state index is 13.0. The summed E-state index contributed by atoms with van der Waals surface area (Å²) in [5.74, 6) is -1.74. The van der Waals surface area contributed by atoms with Crippen LogP contribution in [0.15, 0.2) is 68.9 Å². The molecule has 0 radical (unpaired) electrons. The lowest BCUT2D eigenvalue weighted by Crippen LogP contribution is -2.20. The molecule has 11 heteroatoms. The van der Waals surface area contributed by atoms with Crippen LogP contribution < -0.4 is 11.1 Å². The Balaban J connectivity index is 1.96. The number of hydrogen-bond acceptors (Lipinski definition) is 7. The van der Waals surface area contributed by atoms with Crippen LogP contribution >= 0.6 is 27.3 Å². The van der Waals surface area contributed by atoms with E-state index in [0.29, 0.717) is 11.1 Å². The second-order valence-electron chi connectivity index (χ2n) is 6.26. The van der Waals surface area contributed by atoms with Gasteiger partial charge in [-0.1, -0.05) is 40.2 Å². The van der Waals surface area contributed by atoms with Crippen molar-refractivity contribution in [2.24, 2.45) is 5.73 Å². The summed E-state index contributed by atoms with van der Waals surface area (Å²) in [5.41, 5.74) is 7.89. The Morgan fingerprint density at radius 3 is 2.52 bits per heavy atom. The summed E-state index contributed by atoms with van der Waals surface area (Å²) in [5, 5.41) is 13.0. The normalized spacial score (nSPS) is 12.7. The smallest absolute Gasteiger partial charge is 0.355 e. The molecular formula is C20H15BrN3O5S2-. The summed E-state index contributed by atoms with van der Waals surface area (Å²) in [6.45, 7) is 0. The van der Waals surface area contributed by atoms with E-state index >= 15 is 0 Å². The number of halogens is 1. The minimum absolute atomic E-state index is 0.118. The van der Waals surface area contributed by atoms with Crippen LogP contribution in [0.25, 0.3) is 5.70 Å². The Morgan fingerprint density at radius 2 is 1.94 bits per heavy atom. The molecular weight excluding hydrogens is 506 g/mol. The lowest BCUT2D eigenvalue weighted by Gasteiger charge is -2.13. The summed E-state index contributed by atoms with van der Waals surface area (Å²) in [6.07, 6.45) is 0.118. The van der Waals surface area contributed by atoms with E-state index in [-0.39, 0.29) is 33.4 Å². The van der Waals surface area contributed by atoms with Crippen LogP contribution in [0.2, 0.25) is 0 Å². The molecule has 1 heterocycles. The number of aromatic nitrogens is 1. The van der Waals surface area contributed by atoms with E-state index in [0.717, 1.165) is 15.8 Å². The summed E-state index contributed by atoms with van der Waals surface area (Å²) >= 11 is 2.00. The van der Waals surface area contributed by atoms with Gasteiger partial charge in [0.05, 0.1) is 0 Å². The van der Waals surface area contributed by atoms with Crippen LogP contribution in [0.3, 0.4) is 0 Å². The largest absolute Gasteiger partial charge is 0.768 e. The quantitative estimate of drug-likeness (QED) is 0.319. The first-order chi connectivity index (χ1) is 14.7. The number of carbonyl (C=O) groups excluding carboxylic acids is 1. The predicted molar refractivity (Wildman–Crippen MR) is 120 cm³/mol. The molecule has 160 valence electrons. The van der Waals surface area contributed by atoms with Crippen molar-refractivity contribution in [3.63, 3.8) is 0 Å². The lowest BCUT2D eigenvalue weighted by molar-refractivity contribution is -0.112. The van der Waals surface area contributed by atoms with Crippen molar-refractivity contribution in [1.82, 2.24) is 4.98 Å². The molecule has 0 aliphatic heterocycles. The fraction of sp³-hybridized carbons (Fsp3) is 0.0500. The monoisotopic (exact) mass is 520 g/mol. The molecule has 1 atom stereocenters. The van der Waals surface area contributed by atoms with Gasteiger partial charge in [-0.2, -0.15) is 0 Å². The summed E-state index contributed by atoms with van der Waals surface area (Å²) < 4.78 is 22.9. The zero-order valence-electron chi connectivity index (χ0n) is 15.7. The van der Waals surface area contributed by atoms with Gasteiger partial charge in [0.25, 0.3) is 5.91 Å². The number of benzene rings is 2. The maximum Gasteiger partial charge on any atom is 0.355 e. The van der Waals surface area contributed by atoms with Gasteiger partial charge in [0.1, 0.15) is 0 Å². The van der Waals surface area contributed by atoms with Gasteiger partial charge in [-0.3, -0.25) is 14.3 Å². The standard InChI is InChI=1S/C20H16BrN3O5S2/c21-13-3-1-2-12(9-13)17(22)15(8-11-4-6-14(7-5-11)31(28)29)18(25)24-20-23-16(10-30-20)19(26)27/h1-7,9-10H,8,22H2,(H,26,27)(H,28,29)(H,23,24,25)/p-1. The van der Waals surface area contributed by atoms with Crippen molar-refractivity contribution in [3.05, 3.63) is 80.8 Å². The van der Waals surface area contributed by atoms with Crippen LogP contribution in [-0.4, -0.2) is 30.7 Å². The average Bonchev–Trinajstić information content (AvgIpc) is 3.20. The van der Waals surface area contributed by atoms with Gasteiger partial charge in [-0.05, 0) is 46.5 Å². The second-order valence-corrected chi connectivity index (χ2v) is 8.97. The van der Waals surface area contributed by atoms with Crippen molar-refractivity contribution in [2.45, 2.75) is 11.3 Å². The first kappa shape index (κ1) is 22.8. The molecule has 0 bridgehead atoms. The number of nitrogens with zero attached hydrogens (tertiary/aromatic N) is 1. The van der Waals surface area contributed by atoms with Crippen LogP contribution in [0, 0.1) is 0 Å². The Labute approximate surface area is 192 Å². The van der Waals surface area contributed by atoms with E-state index in [2.05, 4.69) is 26.2 Å². The van der Waals surface area contributed by atoms with Crippen LogP contribution in [0.1, 0.15) is 21.6 Å². The molecule has 31 heavy (non-hydrogen) atoms. The third kappa shape index (κ3) is 5.85. The van der Waals surface area contributed by atoms with E-state index in [4.69, 9.17) is 10.8 Å². The van der Waals surface area contributed by atoms with Gasteiger partial charge in [-0.25, -0.2) is 9.78 Å². The fourth-order valence-corrected chi connectivity index (χ4v) is 4.09. The van der Waals surface area contributed by atoms with Crippen LogP contribution in [0.5, 0.6) is 0 Å². The SMILES string of the molecule is NC(=C(Cc1ccc(S(=O)[O-])cc1)C(=O)Nc1nc(C(=O)O)cs1)c1cccc(Br)c1. The molecule has 4 N–H and O–H groups in total. The molecule has 0 aliphatic carbocycles. The van der Waals surface area contributed by atoms with Crippen LogP contribution in [0.4, 0.5) is 5.13 Å². The predicted octanol–water partition coefficient (Wildman–Crippen LogP) is 3.39. The molecule has 0 spiro atoms. The molecule has 2 aromatic carbocycles. The molecule has 0 saturated carbocycles. The van der Waals surface area contributed by atoms with E-state index in [1.54, 1.807) is 30.3 Å². The Hall–Kier alpha value is -2.86. The highest BCUT2D eigenvalue weighted by molar-refractivity contribution is 9.10. The van der Waals surface area contributed by atoms with E-state index < -0.39 is 23.0 Å². The minimum Gasteiger partial charge on any atom is -0.768 e. The average molecular weight is 521 g/mol. The molecule has 3 rings (SSSR count). The first-order valence-electron chi connectivity index (χ1n) is 8.67. The maximum atomic E-state index is 13.0. The Kier molecular flexibility index (Phi) is 7.33. The van der Waals surface area contributed by atoms with E-state index in [1.807, 2.05) is 6.07 Å².